The van der Waals surface area contributed by atoms with Gasteiger partial charge in [0, 0.05) is 0 Å². The summed E-state index contributed by atoms with van der Waals surface area (Å²) in [4.78, 5) is 24.1. The molecule has 0 unspecified atom stereocenters. The summed E-state index contributed by atoms with van der Waals surface area (Å²) in [6.07, 6.45) is 0. The summed E-state index contributed by atoms with van der Waals surface area (Å²) in [5.74, 6) is -2.45. The zero-order chi connectivity index (χ0) is 17.1. The van der Waals surface area contributed by atoms with Crippen molar-refractivity contribution in [1.82, 2.24) is 0 Å². The van der Waals surface area contributed by atoms with Crippen molar-refractivity contribution in [3.05, 3.63) is 58.2 Å². The summed E-state index contributed by atoms with van der Waals surface area (Å²) in [5, 5.41) is 9.41. The number of hydrogen-bond acceptors (Lipinski definition) is 6. The Morgan fingerprint density at radius 2 is 1.91 bits per heavy atom. The van der Waals surface area contributed by atoms with Gasteiger partial charge in [-0.3, -0.25) is 4.79 Å². The third-order valence-corrected chi connectivity index (χ3v) is 3.58. The van der Waals surface area contributed by atoms with Crippen molar-refractivity contribution in [1.29, 1.82) is 5.26 Å². The molecule has 1 atom stereocenters. The Morgan fingerprint density at radius 3 is 2.39 bits per heavy atom. The van der Waals surface area contributed by atoms with Gasteiger partial charge in [0.1, 0.15) is 11.6 Å². The van der Waals surface area contributed by atoms with Crippen LogP contribution in [-0.2, 0) is 19.1 Å². The van der Waals surface area contributed by atoms with Gasteiger partial charge in [-0.1, -0.05) is 29.8 Å². The van der Waals surface area contributed by atoms with Crippen molar-refractivity contribution >= 4 is 11.8 Å². The van der Waals surface area contributed by atoms with Gasteiger partial charge in [0.2, 0.25) is 11.6 Å². The third kappa shape index (κ3) is 2.94. The minimum absolute atomic E-state index is 0.0615. The molecule has 0 aliphatic carbocycles. The van der Waals surface area contributed by atoms with E-state index in [1.165, 1.54) is 14.0 Å². The van der Waals surface area contributed by atoms with Gasteiger partial charge in [0.15, 0.2) is 5.78 Å². The summed E-state index contributed by atoms with van der Waals surface area (Å²) in [6, 6.07) is 9.25. The van der Waals surface area contributed by atoms with Gasteiger partial charge in [0.25, 0.3) is 0 Å². The predicted molar refractivity (Wildman–Crippen MR) is 81.6 cm³/mol. The molecule has 0 saturated heterocycles. The molecule has 1 aliphatic rings. The van der Waals surface area contributed by atoms with Crippen molar-refractivity contribution in [2.45, 2.75) is 19.8 Å². The summed E-state index contributed by atoms with van der Waals surface area (Å²) in [5.41, 5.74) is 7.62. The molecule has 2 N–H and O–H groups in total. The molecule has 23 heavy (non-hydrogen) atoms. The van der Waals surface area contributed by atoms with Gasteiger partial charge in [0.05, 0.1) is 18.6 Å². The van der Waals surface area contributed by atoms with E-state index >= 15 is 0 Å². The van der Waals surface area contributed by atoms with E-state index in [1.54, 1.807) is 12.1 Å². The van der Waals surface area contributed by atoms with Crippen LogP contribution in [0.1, 0.15) is 24.0 Å². The fraction of sp³-hybridized carbons (Fsp3) is 0.235. The fourth-order valence-corrected chi connectivity index (χ4v) is 2.46. The number of esters is 1. The fourth-order valence-electron chi connectivity index (χ4n) is 2.46. The number of hydrogen-bond donors (Lipinski definition) is 1. The number of nitriles is 1. The van der Waals surface area contributed by atoms with E-state index in [2.05, 4.69) is 4.74 Å². The number of carbonyl (C=O) groups excluding carboxylic acids is 2. The van der Waals surface area contributed by atoms with E-state index in [4.69, 9.17) is 10.5 Å². The van der Waals surface area contributed by atoms with Gasteiger partial charge in [-0.25, -0.2) is 4.79 Å². The van der Waals surface area contributed by atoms with Crippen LogP contribution in [-0.4, -0.2) is 18.9 Å². The Bertz CT molecular complexity index is 767. The highest BCUT2D eigenvalue weighted by Gasteiger charge is 2.38. The van der Waals surface area contributed by atoms with Crippen molar-refractivity contribution < 1.29 is 19.1 Å². The highest BCUT2D eigenvalue weighted by Crippen LogP contribution is 2.39. The number of benzene rings is 1. The molecule has 2 rings (SSSR count). The topological polar surface area (TPSA) is 102 Å². The maximum Gasteiger partial charge on any atom is 0.374 e. The van der Waals surface area contributed by atoms with E-state index in [1.807, 2.05) is 25.1 Å². The molecule has 1 aromatic carbocycles. The van der Waals surface area contributed by atoms with E-state index in [0.717, 1.165) is 5.56 Å². The summed E-state index contributed by atoms with van der Waals surface area (Å²) in [7, 11) is 1.18. The monoisotopic (exact) mass is 312 g/mol. The van der Waals surface area contributed by atoms with E-state index in [0.29, 0.717) is 5.56 Å². The first-order valence-corrected chi connectivity index (χ1v) is 6.88. The molecule has 0 radical (unpaired) electrons. The lowest BCUT2D eigenvalue weighted by atomic mass is 9.81. The largest absolute Gasteiger partial charge is 0.463 e. The molecule has 0 spiro atoms. The molecule has 6 nitrogen and oxygen atoms in total. The summed E-state index contributed by atoms with van der Waals surface area (Å²) in [6.45, 7) is 3.23. The van der Waals surface area contributed by atoms with Crippen LogP contribution in [0.25, 0.3) is 0 Å². The molecule has 0 bridgehead atoms. The number of rotatable bonds is 3. The number of carbonyl (C=O) groups is 2. The highest BCUT2D eigenvalue weighted by molar-refractivity contribution is 6.04. The normalized spacial score (nSPS) is 17.4. The number of aryl methyl sites for hydroxylation is 1. The molecule has 0 amide bonds. The van der Waals surface area contributed by atoms with Crippen LogP contribution in [0.5, 0.6) is 0 Å². The number of methoxy groups -OCH3 is 1. The molecule has 0 fully saturated rings. The molecule has 1 heterocycles. The van der Waals surface area contributed by atoms with Gasteiger partial charge < -0.3 is 15.2 Å². The van der Waals surface area contributed by atoms with E-state index in [-0.39, 0.29) is 22.8 Å². The van der Waals surface area contributed by atoms with Crippen LogP contribution in [0.3, 0.4) is 0 Å². The zero-order valence-electron chi connectivity index (χ0n) is 13.0. The third-order valence-electron chi connectivity index (χ3n) is 3.58. The van der Waals surface area contributed by atoms with Crippen LogP contribution in [0.4, 0.5) is 0 Å². The number of ether oxygens (including phenoxy) is 2. The second kappa shape index (κ2) is 6.36. The van der Waals surface area contributed by atoms with Crippen LogP contribution in [0.15, 0.2) is 47.1 Å². The number of allylic oxidation sites excluding steroid dienone is 2. The van der Waals surface area contributed by atoms with E-state index < -0.39 is 17.7 Å². The second-order valence-electron chi connectivity index (χ2n) is 5.13. The standard InChI is InChI=1S/C17H16N2O4/c1-9-4-6-11(7-5-9)14-12(8-18)16(19)23-15(17(21)22-3)13(14)10(2)20/h4-7,14H,19H2,1-3H3/t14-/m1/s1. The highest BCUT2D eigenvalue weighted by atomic mass is 16.6. The minimum Gasteiger partial charge on any atom is -0.463 e. The first-order chi connectivity index (χ1) is 10.9. The zero-order valence-corrected chi connectivity index (χ0v) is 13.0. The minimum atomic E-state index is -0.813. The summed E-state index contributed by atoms with van der Waals surface area (Å²) >= 11 is 0. The molecule has 118 valence electrons. The molecule has 1 aliphatic heterocycles. The first-order valence-electron chi connectivity index (χ1n) is 6.88. The average molecular weight is 312 g/mol. The quantitative estimate of drug-likeness (QED) is 0.854. The van der Waals surface area contributed by atoms with Crippen molar-refractivity contribution in [2.24, 2.45) is 5.73 Å². The van der Waals surface area contributed by atoms with Crippen LogP contribution in [0.2, 0.25) is 0 Å². The molecule has 0 aromatic heterocycles. The average Bonchev–Trinajstić information content (AvgIpc) is 2.53. The Morgan fingerprint density at radius 1 is 1.30 bits per heavy atom. The number of nitrogens with two attached hydrogens (primary N) is 1. The number of ketones is 1. The molecule has 0 saturated carbocycles. The lowest BCUT2D eigenvalue weighted by molar-refractivity contribution is -0.140. The maximum atomic E-state index is 12.1. The summed E-state index contributed by atoms with van der Waals surface area (Å²) < 4.78 is 9.87. The van der Waals surface area contributed by atoms with Crippen LogP contribution < -0.4 is 5.73 Å². The first kappa shape index (κ1) is 16.3. The second-order valence-corrected chi connectivity index (χ2v) is 5.13. The Kier molecular flexibility index (Phi) is 4.51. The Hall–Kier alpha value is -3.07. The lowest BCUT2D eigenvalue weighted by Gasteiger charge is -2.26. The van der Waals surface area contributed by atoms with Gasteiger partial charge in [-0.15, -0.1) is 0 Å². The van der Waals surface area contributed by atoms with Crippen LogP contribution in [0, 0.1) is 18.3 Å². The Labute approximate surface area is 133 Å². The van der Waals surface area contributed by atoms with Crippen molar-refractivity contribution in [3.63, 3.8) is 0 Å². The van der Waals surface area contributed by atoms with Gasteiger partial charge >= 0.3 is 5.97 Å². The smallest absolute Gasteiger partial charge is 0.374 e. The van der Waals surface area contributed by atoms with Gasteiger partial charge in [-0.2, -0.15) is 5.26 Å². The maximum absolute atomic E-state index is 12.1. The molecule has 1 aromatic rings. The van der Waals surface area contributed by atoms with Gasteiger partial charge in [-0.05, 0) is 19.4 Å². The lowest BCUT2D eigenvalue weighted by Crippen LogP contribution is -2.27. The Balaban J connectivity index is 2.72. The molecular formula is C17H16N2O4. The predicted octanol–water partition coefficient (Wildman–Crippen LogP) is 1.82. The van der Waals surface area contributed by atoms with Crippen molar-refractivity contribution in [3.8, 4) is 6.07 Å². The van der Waals surface area contributed by atoms with Crippen LogP contribution >= 0.6 is 0 Å². The number of nitrogens with zero attached hydrogens (tertiary/aromatic N) is 1. The van der Waals surface area contributed by atoms with Crippen molar-refractivity contribution in [2.75, 3.05) is 7.11 Å². The SMILES string of the molecule is COC(=O)C1=C(C(C)=O)[C@H](c2ccc(C)cc2)C(C#N)=C(N)O1. The van der Waals surface area contributed by atoms with E-state index in [9.17, 15) is 14.9 Å². The molecule has 6 heteroatoms. The number of Topliss-reactive ketones (excluding diaryl/α,β-unsaturated/α-hetero) is 1. The molecular weight excluding hydrogens is 296 g/mol.